The van der Waals surface area contributed by atoms with Crippen LogP contribution in [0.15, 0.2) is 54.6 Å². The largest absolute Gasteiger partial charge is 0.466 e. The molecule has 33 heavy (non-hydrogen) atoms. The summed E-state index contributed by atoms with van der Waals surface area (Å²) in [5, 5.41) is 5.65. The molecule has 3 rings (SSSR count). The lowest BCUT2D eigenvalue weighted by Gasteiger charge is -2.18. The van der Waals surface area contributed by atoms with E-state index in [0.29, 0.717) is 30.9 Å². The van der Waals surface area contributed by atoms with E-state index in [1.54, 1.807) is 30.8 Å². The van der Waals surface area contributed by atoms with Gasteiger partial charge in [-0.05, 0) is 43.0 Å². The third-order valence-electron chi connectivity index (χ3n) is 5.35. The Morgan fingerprint density at radius 1 is 1.09 bits per heavy atom. The summed E-state index contributed by atoms with van der Waals surface area (Å²) in [6.45, 7) is 2.33. The maximum Gasteiger partial charge on any atom is 0.309 e. The maximum atomic E-state index is 13.4. The Morgan fingerprint density at radius 2 is 1.85 bits per heavy atom. The quantitative estimate of drug-likeness (QED) is 0.464. The summed E-state index contributed by atoms with van der Waals surface area (Å²) in [5.74, 6) is -1.08. The monoisotopic (exact) mass is 472 g/mol. The lowest BCUT2D eigenvalue weighted by atomic mass is 10.1. The highest BCUT2D eigenvalue weighted by Gasteiger charge is 2.49. The van der Waals surface area contributed by atoms with Crippen molar-refractivity contribution in [3.63, 3.8) is 0 Å². The highest BCUT2D eigenvalue weighted by Crippen LogP contribution is 2.39. The van der Waals surface area contributed by atoms with E-state index >= 15 is 0 Å². The number of halogens is 1. The fraction of sp³-hybridized carbons (Fsp3) is 0.400. The van der Waals surface area contributed by atoms with Crippen molar-refractivity contribution in [2.24, 2.45) is 11.8 Å². The summed E-state index contributed by atoms with van der Waals surface area (Å²) in [6, 6.07) is 15.4. The van der Waals surface area contributed by atoms with Crippen LogP contribution < -0.4 is 10.6 Å². The van der Waals surface area contributed by atoms with Crippen LogP contribution in [-0.2, 0) is 31.3 Å². The zero-order valence-electron chi connectivity index (χ0n) is 18.6. The molecule has 3 atom stereocenters. The van der Waals surface area contributed by atoms with Crippen LogP contribution in [-0.4, -0.2) is 42.7 Å². The minimum absolute atomic E-state index is 0.274. The summed E-state index contributed by atoms with van der Waals surface area (Å²) in [7, 11) is 0. The zero-order valence-corrected chi connectivity index (χ0v) is 19.4. The second kappa shape index (κ2) is 12.4. The van der Waals surface area contributed by atoms with Crippen molar-refractivity contribution in [1.82, 2.24) is 10.6 Å². The second-order valence-corrected chi connectivity index (χ2v) is 8.96. The molecule has 0 heterocycles. The molecule has 1 aliphatic carbocycles. The Bertz CT molecular complexity index is 956. The molecule has 0 saturated heterocycles. The Morgan fingerprint density at radius 3 is 2.58 bits per heavy atom. The van der Waals surface area contributed by atoms with Gasteiger partial charge in [-0.15, -0.1) is 0 Å². The topological polar surface area (TPSA) is 84.5 Å². The van der Waals surface area contributed by atoms with Gasteiger partial charge in [0, 0.05) is 18.1 Å². The molecule has 0 spiro atoms. The average molecular weight is 473 g/mol. The molecule has 0 aromatic heterocycles. The van der Waals surface area contributed by atoms with Crippen molar-refractivity contribution in [3.05, 3.63) is 71.5 Å². The van der Waals surface area contributed by atoms with Gasteiger partial charge in [-0.3, -0.25) is 14.4 Å². The van der Waals surface area contributed by atoms with Crippen molar-refractivity contribution in [2.75, 3.05) is 18.9 Å². The van der Waals surface area contributed by atoms with Crippen LogP contribution in [0.4, 0.5) is 4.39 Å². The lowest BCUT2D eigenvalue weighted by molar-refractivity contribution is -0.146. The Kier molecular flexibility index (Phi) is 9.30. The molecule has 1 saturated carbocycles. The molecule has 2 amide bonds. The number of ether oxygens (including phenoxy) is 1. The molecule has 0 bridgehead atoms. The molecule has 2 aromatic carbocycles. The van der Waals surface area contributed by atoms with E-state index in [-0.39, 0.29) is 30.2 Å². The summed E-state index contributed by atoms with van der Waals surface area (Å²) in [4.78, 5) is 37.3. The Hall–Kier alpha value is -2.87. The predicted molar refractivity (Wildman–Crippen MR) is 126 cm³/mol. The molecule has 2 N–H and O–H groups in total. The number of hydrogen-bond acceptors (Lipinski definition) is 5. The van der Waals surface area contributed by atoms with Gasteiger partial charge < -0.3 is 15.4 Å². The summed E-state index contributed by atoms with van der Waals surface area (Å²) in [6.07, 6.45) is 0.921. The van der Waals surface area contributed by atoms with Gasteiger partial charge in [-0.25, -0.2) is 4.39 Å². The molecule has 6 nitrogen and oxygen atoms in total. The van der Waals surface area contributed by atoms with Crippen LogP contribution in [0.1, 0.15) is 24.5 Å². The maximum absolute atomic E-state index is 13.4. The van der Waals surface area contributed by atoms with Crippen molar-refractivity contribution >= 4 is 29.5 Å². The number of amides is 2. The van der Waals surface area contributed by atoms with Crippen LogP contribution in [0.3, 0.4) is 0 Å². The average Bonchev–Trinajstić information content (AvgIpc) is 3.61. The lowest BCUT2D eigenvalue weighted by Crippen LogP contribution is -2.49. The third kappa shape index (κ3) is 7.89. The fourth-order valence-corrected chi connectivity index (χ4v) is 4.49. The van der Waals surface area contributed by atoms with Gasteiger partial charge in [0.2, 0.25) is 11.8 Å². The first kappa shape index (κ1) is 24.8. The van der Waals surface area contributed by atoms with E-state index in [1.807, 2.05) is 30.3 Å². The van der Waals surface area contributed by atoms with Gasteiger partial charge >= 0.3 is 5.97 Å². The zero-order chi connectivity index (χ0) is 23.6. The van der Waals surface area contributed by atoms with Crippen LogP contribution in [0.2, 0.25) is 0 Å². The number of thioether (sulfide) groups is 1. The van der Waals surface area contributed by atoms with Gasteiger partial charge in [-0.1, -0.05) is 42.5 Å². The standard InChI is InChI=1S/C25H29FN2O4S/c1-2-32-25(31)21-14-20(21)23(29)28-22(16-33-15-18-7-4-3-5-8-18)24(30)27-12-11-17-9-6-10-19(26)13-17/h3-10,13,20-22H,2,11-12,14-16H2,1H3,(H,27,30)(H,28,29)/t20-,21-,22-/m0/s1. The van der Waals surface area contributed by atoms with E-state index in [4.69, 9.17) is 4.74 Å². The molecule has 2 aromatic rings. The van der Waals surface area contributed by atoms with Crippen molar-refractivity contribution in [1.29, 1.82) is 0 Å². The van der Waals surface area contributed by atoms with Gasteiger partial charge in [0.05, 0.1) is 18.4 Å². The van der Waals surface area contributed by atoms with Gasteiger partial charge in [-0.2, -0.15) is 11.8 Å². The van der Waals surface area contributed by atoms with Crippen molar-refractivity contribution < 1.29 is 23.5 Å². The minimum atomic E-state index is -0.734. The molecular weight excluding hydrogens is 443 g/mol. The van der Waals surface area contributed by atoms with Crippen LogP contribution >= 0.6 is 11.8 Å². The molecule has 0 aliphatic heterocycles. The first-order valence-corrected chi connectivity index (χ1v) is 12.2. The van der Waals surface area contributed by atoms with E-state index < -0.39 is 17.9 Å². The molecule has 176 valence electrons. The predicted octanol–water partition coefficient (Wildman–Crippen LogP) is 3.10. The van der Waals surface area contributed by atoms with E-state index in [1.165, 1.54) is 12.1 Å². The third-order valence-corrected chi connectivity index (χ3v) is 6.45. The number of hydrogen-bond donors (Lipinski definition) is 2. The van der Waals surface area contributed by atoms with Crippen LogP contribution in [0.25, 0.3) is 0 Å². The fourth-order valence-electron chi connectivity index (χ4n) is 3.47. The second-order valence-electron chi connectivity index (χ2n) is 7.93. The number of benzene rings is 2. The highest BCUT2D eigenvalue weighted by atomic mass is 32.2. The normalized spacial score (nSPS) is 17.6. The molecule has 0 radical (unpaired) electrons. The highest BCUT2D eigenvalue weighted by molar-refractivity contribution is 7.98. The number of esters is 1. The van der Waals surface area contributed by atoms with Crippen LogP contribution in [0, 0.1) is 17.7 Å². The number of rotatable bonds is 12. The summed E-state index contributed by atoms with van der Waals surface area (Å²) < 4.78 is 18.3. The van der Waals surface area contributed by atoms with Crippen LogP contribution in [0.5, 0.6) is 0 Å². The van der Waals surface area contributed by atoms with Gasteiger partial charge in [0.25, 0.3) is 0 Å². The first-order chi connectivity index (χ1) is 16.0. The number of nitrogens with one attached hydrogen (secondary N) is 2. The van der Waals surface area contributed by atoms with Crippen molar-refractivity contribution in [2.45, 2.75) is 31.6 Å². The molecule has 0 unspecified atom stereocenters. The van der Waals surface area contributed by atoms with Crippen molar-refractivity contribution in [3.8, 4) is 0 Å². The Balaban J connectivity index is 1.53. The minimum Gasteiger partial charge on any atom is -0.466 e. The van der Waals surface area contributed by atoms with Gasteiger partial charge in [0.15, 0.2) is 0 Å². The van der Waals surface area contributed by atoms with Gasteiger partial charge in [0.1, 0.15) is 11.9 Å². The first-order valence-electron chi connectivity index (χ1n) is 11.1. The molecular formula is C25H29FN2O4S. The van der Waals surface area contributed by atoms with E-state index in [2.05, 4.69) is 10.6 Å². The molecule has 1 fully saturated rings. The Labute approximate surface area is 197 Å². The molecule has 8 heteroatoms. The number of carbonyl (C=O) groups is 3. The smallest absolute Gasteiger partial charge is 0.309 e. The van der Waals surface area contributed by atoms with E-state index in [0.717, 1.165) is 11.1 Å². The number of carbonyl (C=O) groups excluding carboxylic acids is 3. The summed E-state index contributed by atoms with van der Waals surface area (Å²) >= 11 is 1.55. The summed E-state index contributed by atoms with van der Waals surface area (Å²) in [5.41, 5.74) is 1.91. The van der Waals surface area contributed by atoms with E-state index in [9.17, 15) is 18.8 Å². The SMILES string of the molecule is CCOC(=O)[C@H]1C[C@@H]1C(=O)N[C@@H](CSCc1ccccc1)C(=O)NCCc1cccc(F)c1. The molecule has 1 aliphatic rings.